The fourth-order valence-electron chi connectivity index (χ4n) is 2.14. The van der Waals surface area contributed by atoms with E-state index >= 15 is 0 Å². The number of nitrogen functional groups attached to an aromatic ring is 1. The van der Waals surface area contributed by atoms with E-state index < -0.39 is 0 Å². The van der Waals surface area contributed by atoms with Gasteiger partial charge in [0.15, 0.2) is 5.82 Å². The van der Waals surface area contributed by atoms with E-state index in [0.717, 1.165) is 39.0 Å². The molecule has 0 radical (unpaired) electrons. The van der Waals surface area contributed by atoms with Gasteiger partial charge in [-0.3, -0.25) is 0 Å². The third kappa shape index (κ3) is 2.16. The maximum Gasteiger partial charge on any atom is 0.234 e. The SMILES string of the molecule is Cc1c(N)cccc1-c1nn2c(CC(C)C)nnc2s1. The first-order valence-electron chi connectivity index (χ1n) is 6.63. The van der Waals surface area contributed by atoms with E-state index in [-0.39, 0.29) is 0 Å². The van der Waals surface area contributed by atoms with E-state index in [4.69, 9.17) is 5.73 Å². The summed E-state index contributed by atoms with van der Waals surface area (Å²) < 4.78 is 1.85. The second kappa shape index (κ2) is 4.86. The quantitative estimate of drug-likeness (QED) is 0.752. The standard InChI is InChI=1S/C14H17N5S/c1-8(2)7-12-16-17-14-19(12)18-13(20-14)10-5-4-6-11(15)9(10)3/h4-6,8H,7,15H2,1-3H3. The molecule has 0 unspecified atom stereocenters. The Kier molecular flexibility index (Phi) is 3.17. The van der Waals surface area contributed by atoms with Crippen LogP contribution in [0.3, 0.4) is 0 Å². The summed E-state index contributed by atoms with van der Waals surface area (Å²) in [5.74, 6) is 1.45. The van der Waals surface area contributed by atoms with Gasteiger partial charge < -0.3 is 5.73 Å². The lowest BCUT2D eigenvalue weighted by Gasteiger charge is -2.04. The van der Waals surface area contributed by atoms with E-state index in [1.807, 2.05) is 29.6 Å². The fourth-order valence-corrected chi connectivity index (χ4v) is 3.08. The lowest BCUT2D eigenvalue weighted by molar-refractivity contribution is 0.607. The average molecular weight is 287 g/mol. The van der Waals surface area contributed by atoms with E-state index in [2.05, 4.69) is 29.1 Å². The van der Waals surface area contributed by atoms with Crippen LogP contribution in [-0.2, 0) is 6.42 Å². The Morgan fingerprint density at radius 2 is 2.10 bits per heavy atom. The normalized spacial score (nSPS) is 11.6. The van der Waals surface area contributed by atoms with Crippen LogP contribution in [0.5, 0.6) is 0 Å². The maximum atomic E-state index is 5.97. The minimum absolute atomic E-state index is 0.529. The summed E-state index contributed by atoms with van der Waals surface area (Å²) in [7, 11) is 0. The number of nitrogens with two attached hydrogens (primary N) is 1. The molecule has 0 saturated heterocycles. The van der Waals surface area contributed by atoms with Gasteiger partial charge in [-0.2, -0.15) is 9.61 Å². The number of hydrogen-bond donors (Lipinski definition) is 1. The first-order chi connectivity index (χ1) is 9.56. The van der Waals surface area contributed by atoms with Crippen molar-refractivity contribution in [2.24, 2.45) is 5.92 Å². The maximum absolute atomic E-state index is 5.97. The van der Waals surface area contributed by atoms with E-state index in [1.54, 1.807) is 11.3 Å². The number of rotatable bonds is 3. The first-order valence-corrected chi connectivity index (χ1v) is 7.44. The second-order valence-electron chi connectivity index (χ2n) is 5.34. The van der Waals surface area contributed by atoms with Gasteiger partial charge in [0.2, 0.25) is 4.96 Å². The summed E-state index contributed by atoms with van der Waals surface area (Å²) in [6.07, 6.45) is 0.875. The smallest absolute Gasteiger partial charge is 0.234 e. The summed E-state index contributed by atoms with van der Waals surface area (Å²) in [5.41, 5.74) is 8.88. The number of aromatic nitrogens is 4. The van der Waals surface area contributed by atoms with Gasteiger partial charge in [-0.15, -0.1) is 10.2 Å². The van der Waals surface area contributed by atoms with Gasteiger partial charge in [0.1, 0.15) is 5.01 Å². The molecule has 0 aliphatic rings. The zero-order chi connectivity index (χ0) is 14.3. The molecule has 3 aromatic rings. The molecule has 3 rings (SSSR count). The van der Waals surface area contributed by atoms with Crippen LogP contribution in [0.15, 0.2) is 18.2 Å². The zero-order valence-corrected chi connectivity index (χ0v) is 12.6. The van der Waals surface area contributed by atoms with Crippen LogP contribution >= 0.6 is 11.3 Å². The molecule has 1 aromatic carbocycles. The van der Waals surface area contributed by atoms with Crippen LogP contribution < -0.4 is 5.73 Å². The van der Waals surface area contributed by atoms with Crippen LogP contribution in [0.1, 0.15) is 25.2 Å². The Hall–Kier alpha value is -1.95. The summed E-state index contributed by atoms with van der Waals surface area (Å²) in [6, 6.07) is 5.90. The summed E-state index contributed by atoms with van der Waals surface area (Å²) >= 11 is 1.54. The third-order valence-electron chi connectivity index (χ3n) is 3.25. The van der Waals surface area contributed by atoms with Crippen molar-refractivity contribution in [2.45, 2.75) is 27.2 Å². The van der Waals surface area contributed by atoms with Crippen molar-refractivity contribution in [2.75, 3.05) is 5.73 Å². The highest BCUT2D eigenvalue weighted by molar-refractivity contribution is 7.19. The topological polar surface area (TPSA) is 69.1 Å². The average Bonchev–Trinajstić information content (AvgIpc) is 2.94. The second-order valence-corrected chi connectivity index (χ2v) is 6.29. The molecule has 2 N–H and O–H groups in total. The lowest BCUT2D eigenvalue weighted by Crippen LogP contribution is -2.01. The molecule has 20 heavy (non-hydrogen) atoms. The van der Waals surface area contributed by atoms with E-state index in [9.17, 15) is 0 Å². The van der Waals surface area contributed by atoms with Crippen molar-refractivity contribution < 1.29 is 0 Å². The highest BCUT2D eigenvalue weighted by atomic mass is 32.1. The molecule has 0 aliphatic carbocycles. The van der Waals surface area contributed by atoms with Gasteiger partial charge >= 0.3 is 0 Å². The molecule has 6 heteroatoms. The first kappa shape index (κ1) is 13.1. The lowest BCUT2D eigenvalue weighted by atomic mass is 10.1. The summed E-state index contributed by atoms with van der Waals surface area (Å²) in [4.78, 5) is 0.831. The van der Waals surface area contributed by atoms with Crippen LogP contribution in [-0.4, -0.2) is 19.8 Å². The number of nitrogens with zero attached hydrogens (tertiary/aromatic N) is 4. The molecule has 0 atom stereocenters. The van der Waals surface area contributed by atoms with Crippen LogP contribution in [0.4, 0.5) is 5.69 Å². The van der Waals surface area contributed by atoms with Gasteiger partial charge in [0, 0.05) is 17.7 Å². The fraction of sp³-hybridized carbons (Fsp3) is 0.357. The molecule has 0 bridgehead atoms. The Morgan fingerprint density at radius 1 is 1.30 bits per heavy atom. The molecular weight excluding hydrogens is 270 g/mol. The zero-order valence-electron chi connectivity index (χ0n) is 11.8. The predicted octanol–water partition coefficient (Wildman–Crippen LogP) is 2.94. The van der Waals surface area contributed by atoms with Crippen LogP contribution in [0.25, 0.3) is 15.5 Å². The van der Waals surface area contributed by atoms with Crippen LogP contribution in [0.2, 0.25) is 0 Å². The minimum atomic E-state index is 0.529. The van der Waals surface area contributed by atoms with E-state index in [0.29, 0.717) is 5.92 Å². The highest BCUT2D eigenvalue weighted by Gasteiger charge is 2.15. The van der Waals surface area contributed by atoms with Crippen molar-refractivity contribution in [1.29, 1.82) is 0 Å². The molecule has 2 aromatic heterocycles. The van der Waals surface area contributed by atoms with Crippen molar-refractivity contribution in [3.8, 4) is 10.6 Å². The van der Waals surface area contributed by atoms with Crippen molar-refractivity contribution in [3.63, 3.8) is 0 Å². The molecule has 5 nitrogen and oxygen atoms in total. The van der Waals surface area contributed by atoms with Gasteiger partial charge in [-0.05, 0) is 24.5 Å². The summed E-state index contributed by atoms with van der Waals surface area (Å²) in [5, 5.41) is 14.0. The van der Waals surface area contributed by atoms with Gasteiger partial charge in [-0.1, -0.05) is 37.3 Å². The largest absolute Gasteiger partial charge is 0.398 e. The van der Waals surface area contributed by atoms with Crippen LogP contribution in [0, 0.1) is 12.8 Å². The van der Waals surface area contributed by atoms with Gasteiger partial charge in [0.05, 0.1) is 0 Å². The van der Waals surface area contributed by atoms with Gasteiger partial charge in [0.25, 0.3) is 0 Å². The molecule has 0 spiro atoms. The van der Waals surface area contributed by atoms with E-state index in [1.165, 1.54) is 0 Å². The Morgan fingerprint density at radius 3 is 2.85 bits per heavy atom. The highest BCUT2D eigenvalue weighted by Crippen LogP contribution is 2.30. The third-order valence-corrected chi connectivity index (χ3v) is 4.18. The monoisotopic (exact) mass is 287 g/mol. The Labute approximate surface area is 121 Å². The van der Waals surface area contributed by atoms with Gasteiger partial charge in [-0.25, -0.2) is 0 Å². The summed E-state index contributed by atoms with van der Waals surface area (Å²) in [6.45, 7) is 6.34. The minimum Gasteiger partial charge on any atom is -0.398 e. The molecule has 2 heterocycles. The van der Waals surface area contributed by atoms with Crippen molar-refractivity contribution in [1.82, 2.24) is 19.8 Å². The van der Waals surface area contributed by atoms with Crippen molar-refractivity contribution >= 4 is 22.0 Å². The molecule has 0 amide bonds. The molecule has 104 valence electrons. The molecule has 0 aliphatic heterocycles. The molecule has 0 saturated carbocycles. The number of anilines is 1. The Bertz CT molecular complexity index is 756. The number of fused-ring (bicyclic) bond motifs is 1. The number of hydrogen-bond acceptors (Lipinski definition) is 5. The molecule has 0 fully saturated rings. The predicted molar refractivity (Wildman–Crippen MR) is 81.8 cm³/mol. The number of benzene rings is 1. The molecular formula is C14H17N5S. The van der Waals surface area contributed by atoms with Crippen molar-refractivity contribution in [3.05, 3.63) is 29.6 Å². The Balaban J connectivity index is 2.09.